The van der Waals surface area contributed by atoms with Crippen LogP contribution in [0.5, 0.6) is 5.75 Å². The Labute approximate surface area is 126 Å². The van der Waals surface area contributed by atoms with Crippen molar-refractivity contribution in [2.75, 3.05) is 7.11 Å². The van der Waals surface area contributed by atoms with Crippen molar-refractivity contribution in [3.8, 4) is 23.7 Å². The lowest BCUT2D eigenvalue weighted by molar-refractivity contribution is 0.415. The van der Waals surface area contributed by atoms with E-state index in [1.165, 1.54) is 0 Å². The average molecular weight is 290 g/mol. The summed E-state index contributed by atoms with van der Waals surface area (Å²) >= 11 is 1.54. The molecule has 0 N–H and O–H groups in total. The van der Waals surface area contributed by atoms with Crippen molar-refractivity contribution < 1.29 is 4.74 Å². The summed E-state index contributed by atoms with van der Waals surface area (Å²) in [6.07, 6.45) is 1.58. The topological polar surface area (TPSA) is 45.9 Å². The van der Waals surface area contributed by atoms with E-state index in [1.54, 1.807) is 24.6 Å². The number of ether oxygens (including phenoxy) is 1. The zero-order valence-electron chi connectivity index (χ0n) is 11.3. The third kappa shape index (κ3) is 2.86. The monoisotopic (exact) mass is 290 g/mol. The first kappa shape index (κ1) is 13.2. The number of nitrogens with zero attached hydrogens (tertiary/aromatic N) is 2. The van der Waals surface area contributed by atoms with E-state index < -0.39 is 0 Å². The number of benzene rings is 1. The first-order valence-electron chi connectivity index (χ1n) is 6.24. The number of aromatic nitrogens is 1. The molecule has 0 aliphatic carbocycles. The first-order chi connectivity index (χ1) is 10.3. The number of methoxy groups -OCH3 is 1. The van der Waals surface area contributed by atoms with Crippen LogP contribution >= 0.6 is 11.3 Å². The van der Waals surface area contributed by atoms with Gasteiger partial charge in [-0.25, -0.2) is 0 Å². The van der Waals surface area contributed by atoms with Gasteiger partial charge in [0.25, 0.3) is 0 Å². The summed E-state index contributed by atoms with van der Waals surface area (Å²) in [5.74, 6) is 7.06. The van der Waals surface area contributed by atoms with E-state index in [4.69, 9.17) is 10.00 Å². The molecular weight excluding hydrogens is 280 g/mol. The van der Waals surface area contributed by atoms with Crippen LogP contribution in [0.4, 0.5) is 0 Å². The Hall–Kier alpha value is -2.82. The van der Waals surface area contributed by atoms with E-state index in [1.807, 2.05) is 36.4 Å². The molecule has 0 amide bonds. The van der Waals surface area contributed by atoms with Gasteiger partial charge < -0.3 is 4.74 Å². The Morgan fingerprint density at radius 3 is 2.62 bits per heavy atom. The number of hydrogen-bond acceptors (Lipinski definition) is 4. The maximum atomic E-state index is 8.88. The summed E-state index contributed by atoms with van der Waals surface area (Å²) in [5, 5.41) is 8.88. The Kier molecular flexibility index (Phi) is 3.55. The van der Waals surface area contributed by atoms with Crippen LogP contribution in [0.15, 0.2) is 42.6 Å². The Balaban J connectivity index is 1.91. The third-order valence-corrected chi connectivity index (χ3v) is 3.91. The van der Waals surface area contributed by atoms with Crippen molar-refractivity contribution in [3.05, 3.63) is 58.6 Å². The summed E-state index contributed by atoms with van der Waals surface area (Å²) in [5.41, 5.74) is 2.37. The first-order valence-corrected chi connectivity index (χ1v) is 7.06. The molecule has 0 aliphatic rings. The van der Waals surface area contributed by atoms with Gasteiger partial charge in [-0.1, -0.05) is 11.8 Å². The van der Waals surface area contributed by atoms with E-state index >= 15 is 0 Å². The lowest BCUT2D eigenvalue weighted by Gasteiger charge is -1.97. The van der Waals surface area contributed by atoms with Crippen LogP contribution in [0.1, 0.15) is 16.0 Å². The number of thiophene rings is 1. The van der Waals surface area contributed by atoms with E-state index in [-0.39, 0.29) is 0 Å². The molecule has 3 aromatic rings. The second-order valence-corrected chi connectivity index (χ2v) is 5.39. The van der Waals surface area contributed by atoms with E-state index in [9.17, 15) is 0 Å². The fraction of sp³-hybridized carbons (Fsp3) is 0.0588. The highest BCUT2D eigenvalue weighted by atomic mass is 32.1. The minimum atomic E-state index is 0.569. The van der Waals surface area contributed by atoms with Crippen molar-refractivity contribution in [2.24, 2.45) is 0 Å². The molecule has 3 rings (SSSR count). The fourth-order valence-corrected chi connectivity index (χ4v) is 2.76. The molecule has 0 radical (unpaired) electrons. The molecule has 100 valence electrons. The number of rotatable bonds is 1. The van der Waals surface area contributed by atoms with E-state index in [2.05, 4.69) is 22.9 Å². The fourth-order valence-electron chi connectivity index (χ4n) is 1.85. The number of nitriles is 1. The lowest BCUT2D eigenvalue weighted by atomic mass is 10.2. The quantitative estimate of drug-likeness (QED) is 0.644. The molecule has 1 aromatic carbocycles. The van der Waals surface area contributed by atoms with Crippen LogP contribution in [0, 0.1) is 23.2 Å². The van der Waals surface area contributed by atoms with Gasteiger partial charge >= 0.3 is 0 Å². The predicted octanol–water partition coefficient (Wildman–Crippen LogP) is 3.58. The largest absolute Gasteiger partial charge is 0.497 e. The molecule has 0 fully saturated rings. The minimum Gasteiger partial charge on any atom is -0.497 e. The van der Waals surface area contributed by atoms with Crippen LogP contribution in [0.2, 0.25) is 0 Å². The summed E-state index contributed by atoms with van der Waals surface area (Å²) in [6.45, 7) is 0. The van der Waals surface area contributed by atoms with Gasteiger partial charge in [-0.3, -0.25) is 4.98 Å². The second-order valence-electron chi connectivity index (χ2n) is 4.31. The summed E-state index contributed by atoms with van der Waals surface area (Å²) in [7, 11) is 1.64. The van der Waals surface area contributed by atoms with Crippen LogP contribution in [0.3, 0.4) is 0 Å². The van der Waals surface area contributed by atoms with Crippen molar-refractivity contribution in [1.29, 1.82) is 5.26 Å². The zero-order chi connectivity index (χ0) is 14.7. The SMILES string of the molecule is COc1ccc(C#Cc2cc3ncc(C#N)cc3s2)cc1. The summed E-state index contributed by atoms with van der Waals surface area (Å²) < 4.78 is 6.09. The van der Waals surface area contributed by atoms with Crippen LogP contribution in [-0.2, 0) is 0 Å². The summed E-state index contributed by atoms with van der Waals surface area (Å²) in [6, 6.07) is 13.5. The maximum Gasteiger partial charge on any atom is 0.118 e. The third-order valence-electron chi connectivity index (χ3n) is 2.92. The highest BCUT2D eigenvalue weighted by Crippen LogP contribution is 2.24. The second kappa shape index (κ2) is 5.66. The molecule has 0 saturated carbocycles. The maximum absolute atomic E-state index is 8.88. The molecule has 0 unspecified atom stereocenters. The van der Waals surface area contributed by atoms with E-state index in [0.29, 0.717) is 5.56 Å². The molecule has 4 heteroatoms. The molecule has 0 spiro atoms. The van der Waals surface area contributed by atoms with Gasteiger partial charge in [0.05, 0.1) is 27.8 Å². The van der Waals surface area contributed by atoms with Crippen molar-refractivity contribution in [2.45, 2.75) is 0 Å². The van der Waals surface area contributed by atoms with Gasteiger partial charge in [0, 0.05) is 11.8 Å². The normalized spacial score (nSPS) is 9.71. The smallest absolute Gasteiger partial charge is 0.118 e. The van der Waals surface area contributed by atoms with Gasteiger partial charge in [0.1, 0.15) is 11.8 Å². The van der Waals surface area contributed by atoms with Crippen molar-refractivity contribution >= 4 is 21.6 Å². The summed E-state index contributed by atoms with van der Waals surface area (Å²) in [4.78, 5) is 5.19. The molecule has 0 bridgehead atoms. The van der Waals surface area contributed by atoms with Gasteiger partial charge in [0.15, 0.2) is 0 Å². The predicted molar refractivity (Wildman–Crippen MR) is 83.3 cm³/mol. The minimum absolute atomic E-state index is 0.569. The molecule has 21 heavy (non-hydrogen) atoms. The molecule has 3 nitrogen and oxygen atoms in total. The van der Waals surface area contributed by atoms with Gasteiger partial charge in [-0.2, -0.15) is 5.26 Å². The van der Waals surface area contributed by atoms with Gasteiger partial charge in [-0.05, 0) is 36.4 Å². The van der Waals surface area contributed by atoms with Crippen molar-refractivity contribution in [3.63, 3.8) is 0 Å². The average Bonchev–Trinajstić information content (AvgIpc) is 2.95. The number of fused-ring (bicyclic) bond motifs is 1. The Morgan fingerprint density at radius 2 is 1.90 bits per heavy atom. The zero-order valence-corrected chi connectivity index (χ0v) is 12.1. The van der Waals surface area contributed by atoms with Crippen LogP contribution in [0.25, 0.3) is 10.2 Å². The Bertz CT molecular complexity index is 892. The molecule has 0 atom stereocenters. The molecule has 2 heterocycles. The highest BCUT2D eigenvalue weighted by Gasteiger charge is 2.02. The van der Waals surface area contributed by atoms with E-state index in [0.717, 1.165) is 26.4 Å². The van der Waals surface area contributed by atoms with Crippen LogP contribution < -0.4 is 4.74 Å². The van der Waals surface area contributed by atoms with Gasteiger partial charge in [-0.15, -0.1) is 11.3 Å². The van der Waals surface area contributed by atoms with Gasteiger partial charge in [0.2, 0.25) is 0 Å². The van der Waals surface area contributed by atoms with Crippen molar-refractivity contribution in [1.82, 2.24) is 4.98 Å². The molecular formula is C17H10N2OS. The standard InChI is InChI=1S/C17H10N2OS/c1-20-14-5-2-12(3-6-14)4-7-15-9-16-17(21-15)8-13(10-18)11-19-16/h2-3,5-6,8-9,11H,1H3. The molecule has 0 aliphatic heterocycles. The Morgan fingerprint density at radius 1 is 1.10 bits per heavy atom. The number of pyridine rings is 1. The lowest BCUT2D eigenvalue weighted by Crippen LogP contribution is -1.81. The van der Waals surface area contributed by atoms with Crippen LogP contribution in [-0.4, -0.2) is 12.1 Å². The number of hydrogen-bond donors (Lipinski definition) is 0. The highest BCUT2D eigenvalue weighted by molar-refractivity contribution is 7.19. The molecule has 0 saturated heterocycles. The molecule has 2 aromatic heterocycles.